The van der Waals surface area contributed by atoms with Crippen LogP contribution in [-0.4, -0.2) is 12.6 Å². The van der Waals surface area contributed by atoms with Crippen molar-refractivity contribution in [2.24, 2.45) is 0 Å². The summed E-state index contributed by atoms with van der Waals surface area (Å²) >= 11 is 0. The van der Waals surface area contributed by atoms with Crippen molar-refractivity contribution >= 4 is 0 Å². The lowest BCUT2D eigenvalue weighted by Gasteiger charge is -2.18. The van der Waals surface area contributed by atoms with Gasteiger partial charge >= 0.3 is 5.92 Å². The zero-order valence-electron chi connectivity index (χ0n) is 8.72. The molecule has 0 amide bonds. The van der Waals surface area contributed by atoms with Gasteiger partial charge in [-0.15, -0.1) is 0 Å². The third kappa shape index (κ3) is 2.37. The first-order chi connectivity index (χ1) is 7.08. The predicted octanol–water partition coefficient (Wildman–Crippen LogP) is 2.82. The van der Waals surface area contributed by atoms with Crippen LogP contribution in [0.25, 0.3) is 0 Å². The van der Waals surface area contributed by atoms with E-state index in [-0.39, 0.29) is 18.2 Å². The molecule has 2 heterocycles. The van der Waals surface area contributed by atoms with Crippen LogP contribution < -0.4 is 5.32 Å². The van der Waals surface area contributed by atoms with E-state index in [1.165, 1.54) is 6.07 Å². The summed E-state index contributed by atoms with van der Waals surface area (Å²) in [6, 6.07) is 2.86. The highest BCUT2D eigenvalue weighted by Gasteiger charge is 2.38. The van der Waals surface area contributed by atoms with Gasteiger partial charge in [0, 0.05) is 12.5 Å². The normalized spacial score (nSPS) is 22.2. The molecule has 0 spiro atoms. The second kappa shape index (κ2) is 3.93. The highest BCUT2D eigenvalue weighted by Crippen LogP contribution is 2.35. The third-order valence-electron chi connectivity index (χ3n) is 2.77. The van der Waals surface area contributed by atoms with Crippen LogP contribution >= 0.6 is 0 Å². The van der Waals surface area contributed by atoms with Crippen molar-refractivity contribution in [1.82, 2.24) is 5.32 Å². The summed E-state index contributed by atoms with van der Waals surface area (Å²) in [4.78, 5) is 0. The van der Waals surface area contributed by atoms with Gasteiger partial charge in [0.05, 0.1) is 0 Å². The second-order valence-corrected chi connectivity index (χ2v) is 4.11. The second-order valence-electron chi connectivity index (χ2n) is 4.11. The first-order valence-corrected chi connectivity index (χ1v) is 5.26. The van der Waals surface area contributed by atoms with Crippen molar-refractivity contribution in [3.05, 3.63) is 23.7 Å². The Hall–Kier alpha value is -0.900. The zero-order chi connectivity index (χ0) is 10.9. The number of alkyl halides is 2. The van der Waals surface area contributed by atoms with E-state index in [1.54, 1.807) is 13.0 Å². The van der Waals surface area contributed by atoms with Crippen LogP contribution in [0.1, 0.15) is 30.8 Å². The minimum Gasteiger partial charge on any atom is -0.460 e. The molecule has 1 saturated heterocycles. The lowest BCUT2D eigenvalue weighted by Crippen LogP contribution is -2.28. The molecule has 0 aromatic carbocycles. The van der Waals surface area contributed by atoms with E-state index in [1.807, 2.05) is 0 Å². The van der Waals surface area contributed by atoms with Crippen LogP contribution in [0.4, 0.5) is 8.78 Å². The van der Waals surface area contributed by atoms with Crippen LogP contribution in [0.3, 0.4) is 0 Å². The maximum absolute atomic E-state index is 13.7. The van der Waals surface area contributed by atoms with Gasteiger partial charge in [-0.2, -0.15) is 8.78 Å². The van der Waals surface area contributed by atoms with Crippen LogP contribution in [0.15, 0.2) is 16.5 Å². The summed E-state index contributed by atoms with van der Waals surface area (Å²) in [5, 5.41) is 3.07. The van der Waals surface area contributed by atoms with Gasteiger partial charge in [0.25, 0.3) is 0 Å². The first-order valence-electron chi connectivity index (χ1n) is 5.26. The summed E-state index contributed by atoms with van der Waals surface area (Å²) in [6.45, 7) is 2.52. The van der Waals surface area contributed by atoms with Crippen LogP contribution in [-0.2, 0) is 5.92 Å². The number of aryl methyl sites for hydroxylation is 1. The quantitative estimate of drug-likeness (QED) is 0.838. The fourth-order valence-corrected chi connectivity index (χ4v) is 1.97. The SMILES string of the molecule is Cc1ccc(C(F)(F)CC2CCCN2)o1. The van der Waals surface area contributed by atoms with Crippen molar-refractivity contribution in [3.63, 3.8) is 0 Å². The molecule has 1 N–H and O–H groups in total. The minimum absolute atomic E-state index is 0.0783. The number of rotatable bonds is 3. The first kappa shape index (κ1) is 10.6. The molecule has 1 aliphatic heterocycles. The summed E-state index contributed by atoms with van der Waals surface area (Å²) < 4.78 is 32.4. The molecule has 0 aliphatic carbocycles. The Morgan fingerprint density at radius 2 is 2.33 bits per heavy atom. The average Bonchev–Trinajstić information content (AvgIpc) is 2.75. The molecular weight excluding hydrogens is 200 g/mol. The standard InChI is InChI=1S/C11H15F2NO/c1-8-4-5-10(15-8)11(12,13)7-9-3-2-6-14-9/h4-5,9,14H,2-3,6-7H2,1H3. The van der Waals surface area contributed by atoms with E-state index >= 15 is 0 Å². The molecule has 1 aromatic heterocycles. The molecular formula is C11H15F2NO. The van der Waals surface area contributed by atoms with Gasteiger partial charge in [0.15, 0.2) is 5.76 Å². The number of nitrogens with one attached hydrogen (secondary N) is 1. The topological polar surface area (TPSA) is 25.2 Å². The largest absolute Gasteiger partial charge is 0.460 e. The predicted molar refractivity (Wildman–Crippen MR) is 53.0 cm³/mol. The van der Waals surface area contributed by atoms with E-state index in [2.05, 4.69) is 5.32 Å². The molecule has 2 rings (SSSR count). The number of hydrogen-bond acceptors (Lipinski definition) is 2. The van der Waals surface area contributed by atoms with Crippen LogP contribution in [0.2, 0.25) is 0 Å². The maximum atomic E-state index is 13.7. The number of furan rings is 1. The highest BCUT2D eigenvalue weighted by atomic mass is 19.3. The molecule has 1 fully saturated rings. The number of hydrogen-bond donors (Lipinski definition) is 1. The van der Waals surface area contributed by atoms with E-state index < -0.39 is 5.92 Å². The van der Waals surface area contributed by atoms with E-state index in [9.17, 15) is 8.78 Å². The minimum atomic E-state index is -2.85. The molecule has 15 heavy (non-hydrogen) atoms. The lowest BCUT2D eigenvalue weighted by molar-refractivity contribution is -0.0418. The van der Waals surface area contributed by atoms with Gasteiger partial charge in [-0.25, -0.2) is 0 Å². The van der Waals surface area contributed by atoms with Crippen LogP contribution in [0.5, 0.6) is 0 Å². The molecule has 1 atom stereocenters. The van der Waals surface area contributed by atoms with E-state index in [0.29, 0.717) is 5.76 Å². The fraction of sp³-hybridized carbons (Fsp3) is 0.636. The van der Waals surface area contributed by atoms with Crippen molar-refractivity contribution in [2.75, 3.05) is 6.54 Å². The Morgan fingerprint density at radius 3 is 2.87 bits per heavy atom. The molecule has 1 aliphatic rings. The van der Waals surface area contributed by atoms with Gasteiger partial charge in [0.1, 0.15) is 5.76 Å². The van der Waals surface area contributed by atoms with Gasteiger partial charge in [-0.05, 0) is 38.4 Å². The summed E-state index contributed by atoms with van der Waals surface area (Å²) in [7, 11) is 0. The smallest absolute Gasteiger partial charge is 0.306 e. The van der Waals surface area contributed by atoms with Gasteiger partial charge in [-0.1, -0.05) is 0 Å². The van der Waals surface area contributed by atoms with Crippen LogP contribution in [0, 0.1) is 6.92 Å². The van der Waals surface area contributed by atoms with Gasteiger partial charge in [0.2, 0.25) is 0 Å². The Labute approximate surface area is 87.7 Å². The monoisotopic (exact) mass is 215 g/mol. The Bertz CT molecular complexity index is 329. The summed E-state index contributed by atoms with van der Waals surface area (Å²) in [6.07, 6.45) is 1.65. The van der Waals surface area contributed by atoms with E-state index in [4.69, 9.17) is 4.42 Å². The molecule has 0 bridgehead atoms. The maximum Gasteiger partial charge on any atom is 0.306 e. The van der Waals surface area contributed by atoms with Gasteiger partial charge < -0.3 is 9.73 Å². The third-order valence-corrected chi connectivity index (χ3v) is 2.77. The van der Waals surface area contributed by atoms with Crippen molar-refractivity contribution in [2.45, 2.75) is 38.2 Å². The summed E-state index contributed by atoms with van der Waals surface area (Å²) in [5.41, 5.74) is 0. The fourth-order valence-electron chi connectivity index (χ4n) is 1.97. The molecule has 4 heteroatoms. The molecule has 0 saturated carbocycles. The molecule has 1 aromatic rings. The Kier molecular flexibility index (Phi) is 2.78. The van der Waals surface area contributed by atoms with Crippen molar-refractivity contribution in [1.29, 1.82) is 0 Å². The molecule has 1 unspecified atom stereocenters. The van der Waals surface area contributed by atoms with Crippen molar-refractivity contribution < 1.29 is 13.2 Å². The average molecular weight is 215 g/mol. The van der Waals surface area contributed by atoms with Crippen molar-refractivity contribution in [3.8, 4) is 0 Å². The zero-order valence-corrected chi connectivity index (χ0v) is 8.72. The Morgan fingerprint density at radius 1 is 1.53 bits per heavy atom. The highest BCUT2D eigenvalue weighted by molar-refractivity contribution is 5.11. The lowest BCUT2D eigenvalue weighted by atomic mass is 10.1. The molecule has 84 valence electrons. The Balaban J connectivity index is 2.05. The molecule has 0 radical (unpaired) electrons. The van der Waals surface area contributed by atoms with E-state index in [0.717, 1.165) is 19.4 Å². The van der Waals surface area contributed by atoms with Gasteiger partial charge in [-0.3, -0.25) is 0 Å². The number of halogens is 2. The summed E-state index contributed by atoms with van der Waals surface area (Å²) in [5.74, 6) is -2.53. The molecule has 2 nitrogen and oxygen atoms in total.